The molecule has 5 nitrogen and oxygen atoms in total. The fourth-order valence-electron chi connectivity index (χ4n) is 1.42. The molecule has 6 heteroatoms. The number of benzene rings is 1. The first-order valence-electron chi connectivity index (χ1n) is 4.41. The predicted octanol–water partition coefficient (Wildman–Crippen LogP) is 2.29. The van der Waals surface area contributed by atoms with Crippen LogP contribution in [0, 0.1) is 15.9 Å². The first-order valence-corrected chi connectivity index (χ1v) is 4.41. The molecule has 0 N–H and O–H groups in total. The number of nitro groups is 1. The number of ether oxygens (including phenoxy) is 1. The molecule has 2 aromatic rings. The van der Waals surface area contributed by atoms with Crippen LogP contribution in [0.5, 0.6) is 5.88 Å². The van der Waals surface area contributed by atoms with Crippen LogP contribution in [0.2, 0.25) is 0 Å². The van der Waals surface area contributed by atoms with Crippen LogP contribution < -0.4 is 4.74 Å². The normalized spacial score (nSPS) is 10.4. The summed E-state index contributed by atoms with van der Waals surface area (Å²) < 4.78 is 18.1. The Hall–Kier alpha value is -2.24. The monoisotopic (exact) mass is 222 g/mol. The molecule has 0 atom stereocenters. The summed E-state index contributed by atoms with van der Waals surface area (Å²) in [5.74, 6) is -0.695. The number of methoxy groups -OCH3 is 1. The van der Waals surface area contributed by atoms with Crippen LogP contribution in [-0.4, -0.2) is 17.0 Å². The third-order valence-electron chi connectivity index (χ3n) is 2.15. The van der Waals surface area contributed by atoms with Gasteiger partial charge in [-0.1, -0.05) is 0 Å². The van der Waals surface area contributed by atoms with E-state index in [-0.39, 0.29) is 11.4 Å². The van der Waals surface area contributed by atoms with E-state index in [2.05, 4.69) is 4.98 Å². The van der Waals surface area contributed by atoms with Gasteiger partial charge >= 0.3 is 5.69 Å². The number of hydrogen-bond acceptors (Lipinski definition) is 4. The topological polar surface area (TPSA) is 65.3 Å². The molecular formula is C10H7FN2O3. The van der Waals surface area contributed by atoms with Crippen molar-refractivity contribution in [1.82, 2.24) is 4.98 Å². The van der Waals surface area contributed by atoms with E-state index < -0.39 is 16.4 Å². The number of rotatable bonds is 2. The molecule has 1 aromatic heterocycles. The standard InChI is InChI=1S/C10H7FN2O3/c1-16-8-5-3-6-2-4-7(11)10(13(14)15)9(6)12-8/h2-5H,1H3. The number of nitrogens with zero attached hydrogens (tertiary/aromatic N) is 2. The van der Waals surface area contributed by atoms with E-state index in [1.807, 2.05) is 0 Å². The highest BCUT2D eigenvalue weighted by Gasteiger charge is 2.20. The summed E-state index contributed by atoms with van der Waals surface area (Å²) in [6.07, 6.45) is 0. The van der Waals surface area contributed by atoms with E-state index in [1.165, 1.54) is 13.2 Å². The van der Waals surface area contributed by atoms with Crippen LogP contribution in [-0.2, 0) is 0 Å². The molecule has 0 aliphatic heterocycles. The second-order valence-electron chi connectivity index (χ2n) is 3.08. The Kier molecular flexibility index (Phi) is 2.40. The minimum atomic E-state index is -0.904. The highest BCUT2D eigenvalue weighted by atomic mass is 19.1. The van der Waals surface area contributed by atoms with Crippen molar-refractivity contribution >= 4 is 16.6 Å². The van der Waals surface area contributed by atoms with Crippen LogP contribution in [0.15, 0.2) is 24.3 Å². The summed E-state index contributed by atoms with van der Waals surface area (Å²) in [5, 5.41) is 11.2. The Bertz CT molecular complexity index is 571. The minimum absolute atomic E-state index is 0.00986. The molecular weight excluding hydrogens is 215 g/mol. The smallest absolute Gasteiger partial charge is 0.330 e. The average Bonchev–Trinajstić information content (AvgIpc) is 2.27. The fourth-order valence-corrected chi connectivity index (χ4v) is 1.42. The summed E-state index contributed by atoms with van der Waals surface area (Å²) in [7, 11) is 1.39. The van der Waals surface area contributed by atoms with Crippen molar-refractivity contribution in [1.29, 1.82) is 0 Å². The first kappa shape index (κ1) is 10.3. The molecule has 1 heterocycles. The Morgan fingerprint density at radius 3 is 2.69 bits per heavy atom. The van der Waals surface area contributed by atoms with Crippen molar-refractivity contribution in [3.63, 3.8) is 0 Å². The molecule has 0 fully saturated rings. The summed E-state index contributed by atoms with van der Waals surface area (Å²) >= 11 is 0. The van der Waals surface area contributed by atoms with E-state index in [9.17, 15) is 14.5 Å². The van der Waals surface area contributed by atoms with Gasteiger partial charge in [0.1, 0.15) is 0 Å². The molecule has 2 rings (SSSR count). The van der Waals surface area contributed by atoms with E-state index in [0.29, 0.717) is 5.39 Å². The van der Waals surface area contributed by atoms with Crippen LogP contribution in [0.25, 0.3) is 10.9 Å². The molecule has 0 spiro atoms. The summed E-state index contributed by atoms with van der Waals surface area (Å²) in [6.45, 7) is 0. The lowest BCUT2D eigenvalue weighted by Crippen LogP contribution is -1.96. The maximum atomic E-state index is 13.3. The van der Waals surface area contributed by atoms with Crippen molar-refractivity contribution in [2.45, 2.75) is 0 Å². The Morgan fingerprint density at radius 2 is 2.06 bits per heavy atom. The Morgan fingerprint density at radius 1 is 1.38 bits per heavy atom. The number of fused-ring (bicyclic) bond motifs is 1. The van der Waals surface area contributed by atoms with Crippen molar-refractivity contribution in [3.05, 3.63) is 40.2 Å². The minimum Gasteiger partial charge on any atom is -0.481 e. The zero-order valence-electron chi connectivity index (χ0n) is 8.31. The van der Waals surface area contributed by atoms with Gasteiger partial charge in [-0.3, -0.25) is 10.1 Å². The second-order valence-corrected chi connectivity index (χ2v) is 3.08. The molecule has 82 valence electrons. The lowest BCUT2D eigenvalue weighted by Gasteiger charge is -2.02. The number of aromatic nitrogens is 1. The third-order valence-corrected chi connectivity index (χ3v) is 2.15. The zero-order chi connectivity index (χ0) is 11.7. The summed E-state index contributed by atoms with van der Waals surface area (Å²) in [5.41, 5.74) is -0.638. The van der Waals surface area contributed by atoms with Gasteiger partial charge in [0.2, 0.25) is 11.7 Å². The van der Waals surface area contributed by atoms with Crippen molar-refractivity contribution in [2.24, 2.45) is 0 Å². The maximum Gasteiger partial charge on any atom is 0.330 e. The zero-order valence-corrected chi connectivity index (χ0v) is 8.31. The van der Waals surface area contributed by atoms with Crippen molar-refractivity contribution < 1.29 is 14.1 Å². The maximum absolute atomic E-state index is 13.3. The van der Waals surface area contributed by atoms with Crippen LogP contribution >= 0.6 is 0 Å². The molecule has 0 radical (unpaired) electrons. The lowest BCUT2D eigenvalue weighted by atomic mass is 10.2. The number of halogens is 1. The average molecular weight is 222 g/mol. The van der Waals surface area contributed by atoms with Gasteiger partial charge in [-0.15, -0.1) is 0 Å². The first-order chi connectivity index (χ1) is 7.63. The van der Waals surface area contributed by atoms with Crippen molar-refractivity contribution in [3.8, 4) is 5.88 Å². The second kappa shape index (κ2) is 3.73. The largest absolute Gasteiger partial charge is 0.481 e. The summed E-state index contributed by atoms with van der Waals surface area (Å²) in [4.78, 5) is 13.8. The van der Waals surface area contributed by atoms with Gasteiger partial charge in [-0.05, 0) is 18.2 Å². The molecule has 16 heavy (non-hydrogen) atoms. The lowest BCUT2D eigenvalue weighted by molar-refractivity contribution is -0.385. The molecule has 0 bridgehead atoms. The molecule has 0 aliphatic rings. The molecule has 0 aliphatic carbocycles. The van der Waals surface area contributed by atoms with Crippen molar-refractivity contribution in [2.75, 3.05) is 7.11 Å². The van der Waals surface area contributed by atoms with E-state index in [1.54, 1.807) is 12.1 Å². The van der Waals surface area contributed by atoms with Crippen LogP contribution in [0.4, 0.5) is 10.1 Å². The number of pyridine rings is 1. The van der Waals surface area contributed by atoms with Gasteiger partial charge in [0.25, 0.3) is 0 Å². The molecule has 0 amide bonds. The van der Waals surface area contributed by atoms with Crippen LogP contribution in [0.3, 0.4) is 0 Å². The number of nitro benzene ring substituents is 1. The molecule has 0 saturated heterocycles. The Labute approximate surface area is 89.6 Å². The quantitative estimate of drug-likeness (QED) is 0.577. The third kappa shape index (κ3) is 1.54. The molecule has 1 aromatic carbocycles. The van der Waals surface area contributed by atoms with Gasteiger partial charge in [-0.2, -0.15) is 4.39 Å². The van der Waals surface area contributed by atoms with Crippen LogP contribution in [0.1, 0.15) is 0 Å². The van der Waals surface area contributed by atoms with Gasteiger partial charge in [0.15, 0.2) is 5.52 Å². The summed E-state index contributed by atoms with van der Waals surface area (Å²) in [6, 6.07) is 5.64. The molecule has 0 saturated carbocycles. The van der Waals surface area contributed by atoms with Gasteiger partial charge in [0, 0.05) is 11.5 Å². The van der Waals surface area contributed by atoms with E-state index in [0.717, 1.165) is 6.07 Å². The van der Waals surface area contributed by atoms with E-state index in [4.69, 9.17) is 4.74 Å². The SMILES string of the molecule is COc1ccc2ccc(F)c([N+](=O)[O-])c2n1. The molecule has 0 unspecified atom stereocenters. The Balaban J connectivity index is 2.83. The predicted molar refractivity (Wildman–Crippen MR) is 54.9 cm³/mol. The highest BCUT2D eigenvalue weighted by molar-refractivity contribution is 5.87. The van der Waals surface area contributed by atoms with Gasteiger partial charge in [-0.25, -0.2) is 4.98 Å². The van der Waals surface area contributed by atoms with E-state index >= 15 is 0 Å². The fraction of sp³-hybridized carbons (Fsp3) is 0.100. The van der Waals surface area contributed by atoms with Gasteiger partial charge in [0.05, 0.1) is 12.0 Å². The number of hydrogen-bond donors (Lipinski definition) is 0. The highest BCUT2D eigenvalue weighted by Crippen LogP contribution is 2.28. The van der Waals surface area contributed by atoms with Gasteiger partial charge < -0.3 is 4.74 Å².